The van der Waals surface area contributed by atoms with Gasteiger partial charge in [-0.2, -0.15) is 0 Å². The van der Waals surface area contributed by atoms with Crippen LogP contribution in [-0.4, -0.2) is 7.11 Å². The molecule has 0 saturated carbocycles. The van der Waals surface area contributed by atoms with Gasteiger partial charge in [-0.1, -0.05) is 18.2 Å². The molecule has 2 N–H and O–H groups in total. The number of ether oxygens (including phenoxy) is 1. The van der Waals surface area contributed by atoms with E-state index in [4.69, 9.17) is 10.5 Å². The van der Waals surface area contributed by atoms with Crippen molar-refractivity contribution in [3.05, 3.63) is 51.7 Å². The quantitative estimate of drug-likeness (QED) is 0.890. The topological polar surface area (TPSA) is 35.2 Å². The lowest BCUT2D eigenvalue weighted by Crippen LogP contribution is -2.12. The van der Waals surface area contributed by atoms with Crippen molar-refractivity contribution >= 4 is 11.3 Å². The first-order valence-electron chi connectivity index (χ1n) is 6.13. The van der Waals surface area contributed by atoms with Crippen LogP contribution in [0.25, 0.3) is 0 Å². The van der Waals surface area contributed by atoms with Gasteiger partial charge in [-0.05, 0) is 42.8 Å². The second kappa shape index (κ2) is 6.03. The van der Waals surface area contributed by atoms with Crippen LogP contribution in [0.15, 0.2) is 35.7 Å². The molecule has 0 spiro atoms. The highest BCUT2D eigenvalue weighted by Gasteiger charge is 2.12. The van der Waals surface area contributed by atoms with Gasteiger partial charge < -0.3 is 10.5 Å². The Hall–Kier alpha value is -1.32. The minimum Gasteiger partial charge on any atom is -0.496 e. The fourth-order valence-electron chi connectivity index (χ4n) is 2.03. The van der Waals surface area contributed by atoms with Gasteiger partial charge in [-0.15, -0.1) is 11.3 Å². The summed E-state index contributed by atoms with van der Waals surface area (Å²) in [6.07, 6.45) is 1.97. The highest BCUT2D eigenvalue weighted by atomic mass is 32.1. The van der Waals surface area contributed by atoms with E-state index in [1.54, 1.807) is 18.4 Å². The van der Waals surface area contributed by atoms with Crippen LogP contribution in [0.2, 0.25) is 0 Å². The third kappa shape index (κ3) is 3.12. The number of nitrogens with two attached hydrogens (primary N) is 1. The predicted molar refractivity (Wildman–Crippen MR) is 77.3 cm³/mol. The van der Waals surface area contributed by atoms with Crippen LogP contribution < -0.4 is 10.5 Å². The first-order chi connectivity index (χ1) is 8.70. The minimum absolute atomic E-state index is 0.0302. The average Bonchev–Trinajstić information content (AvgIpc) is 2.88. The van der Waals surface area contributed by atoms with Gasteiger partial charge in [0.2, 0.25) is 0 Å². The van der Waals surface area contributed by atoms with Crippen molar-refractivity contribution in [2.45, 2.75) is 25.8 Å². The zero-order valence-electron chi connectivity index (χ0n) is 10.8. The first-order valence-corrected chi connectivity index (χ1v) is 7.01. The summed E-state index contributed by atoms with van der Waals surface area (Å²) in [7, 11) is 1.70. The summed E-state index contributed by atoms with van der Waals surface area (Å²) < 4.78 is 5.41. The molecule has 1 atom stereocenters. The number of benzene rings is 1. The van der Waals surface area contributed by atoms with Gasteiger partial charge in [-0.25, -0.2) is 0 Å². The summed E-state index contributed by atoms with van der Waals surface area (Å²) in [5.41, 5.74) is 8.56. The Morgan fingerprint density at radius 2 is 2.17 bits per heavy atom. The van der Waals surface area contributed by atoms with Crippen molar-refractivity contribution in [3.63, 3.8) is 0 Å². The van der Waals surface area contributed by atoms with Crippen molar-refractivity contribution in [2.75, 3.05) is 7.11 Å². The highest BCUT2D eigenvalue weighted by Crippen LogP contribution is 2.28. The number of hydrogen-bond donors (Lipinski definition) is 1. The van der Waals surface area contributed by atoms with E-state index < -0.39 is 0 Å². The number of rotatable bonds is 5. The summed E-state index contributed by atoms with van der Waals surface area (Å²) >= 11 is 1.79. The minimum atomic E-state index is 0.0302. The van der Waals surface area contributed by atoms with E-state index in [9.17, 15) is 0 Å². The summed E-state index contributed by atoms with van der Waals surface area (Å²) in [5, 5.41) is 2.10. The smallest absolute Gasteiger partial charge is 0.123 e. The van der Waals surface area contributed by atoms with E-state index in [-0.39, 0.29) is 6.04 Å². The molecule has 0 aliphatic heterocycles. The van der Waals surface area contributed by atoms with Gasteiger partial charge in [0.1, 0.15) is 5.75 Å². The molecule has 0 amide bonds. The van der Waals surface area contributed by atoms with E-state index in [0.29, 0.717) is 0 Å². The largest absolute Gasteiger partial charge is 0.496 e. The van der Waals surface area contributed by atoms with Crippen LogP contribution in [0.5, 0.6) is 5.75 Å². The molecule has 96 valence electrons. The van der Waals surface area contributed by atoms with Crippen LogP contribution in [0.4, 0.5) is 0 Å². The maximum atomic E-state index is 6.26. The predicted octanol–water partition coefficient (Wildman–Crippen LogP) is 3.70. The second-order valence-electron chi connectivity index (χ2n) is 4.47. The molecule has 0 saturated heterocycles. The summed E-state index contributed by atoms with van der Waals surface area (Å²) in [4.78, 5) is 1.39. The van der Waals surface area contributed by atoms with Gasteiger partial charge in [0.15, 0.2) is 0 Å². The Kier molecular flexibility index (Phi) is 4.39. The Bertz CT molecular complexity index is 493. The zero-order chi connectivity index (χ0) is 13.0. The molecule has 2 aromatic rings. The molecule has 1 unspecified atom stereocenters. The van der Waals surface area contributed by atoms with Gasteiger partial charge in [0.05, 0.1) is 7.11 Å². The lowest BCUT2D eigenvalue weighted by atomic mass is 10.00. The third-order valence-corrected chi connectivity index (χ3v) is 4.01. The Morgan fingerprint density at radius 3 is 2.83 bits per heavy atom. The molecule has 3 heteroatoms. The standard InChI is InChI=1S/C15H19NOS/c1-11-5-7-13(15(10-11)17-2)14(16)8-6-12-4-3-9-18-12/h3-5,7,9-10,14H,6,8,16H2,1-2H3. The van der Waals surface area contributed by atoms with E-state index in [0.717, 1.165) is 24.2 Å². The number of methoxy groups -OCH3 is 1. The normalized spacial score (nSPS) is 12.4. The number of aryl methyl sites for hydroxylation is 2. The molecule has 1 aromatic heterocycles. The van der Waals surface area contributed by atoms with Gasteiger partial charge in [0.25, 0.3) is 0 Å². The summed E-state index contributed by atoms with van der Waals surface area (Å²) in [5.74, 6) is 0.897. The molecule has 0 bridgehead atoms. The van der Waals surface area contributed by atoms with Crippen LogP contribution in [0, 0.1) is 6.92 Å². The van der Waals surface area contributed by atoms with Crippen molar-refractivity contribution in [2.24, 2.45) is 5.73 Å². The van der Waals surface area contributed by atoms with E-state index in [2.05, 4.69) is 36.6 Å². The monoisotopic (exact) mass is 261 g/mol. The zero-order valence-corrected chi connectivity index (χ0v) is 11.7. The van der Waals surface area contributed by atoms with Crippen LogP contribution in [0.1, 0.15) is 28.5 Å². The van der Waals surface area contributed by atoms with Gasteiger partial charge >= 0.3 is 0 Å². The number of thiophene rings is 1. The maximum Gasteiger partial charge on any atom is 0.123 e. The summed E-state index contributed by atoms with van der Waals surface area (Å²) in [6.45, 7) is 2.06. The van der Waals surface area contributed by atoms with Gasteiger partial charge in [-0.3, -0.25) is 0 Å². The van der Waals surface area contributed by atoms with Crippen LogP contribution >= 0.6 is 11.3 Å². The van der Waals surface area contributed by atoms with E-state index in [1.165, 1.54) is 10.4 Å². The second-order valence-corrected chi connectivity index (χ2v) is 5.50. The third-order valence-electron chi connectivity index (χ3n) is 3.07. The van der Waals surface area contributed by atoms with Crippen molar-refractivity contribution in [1.29, 1.82) is 0 Å². The lowest BCUT2D eigenvalue weighted by Gasteiger charge is -2.16. The highest BCUT2D eigenvalue weighted by molar-refractivity contribution is 7.09. The van der Waals surface area contributed by atoms with E-state index >= 15 is 0 Å². The van der Waals surface area contributed by atoms with E-state index in [1.807, 2.05) is 6.07 Å². The fraction of sp³-hybridized carbons (Fsp3) is 0.333. The lowest BCUT2D eigenvalue weighted by molar-refractivity contribution is 0.404. The molecular weight excluding hydrogens is 242 g/mol. The molecule has 0 fully saturated rings. The van der Waals surface area contributed by atoms with Gasteiger partial charge in [0, 0.05) is 16.5 Å². The molecule has 2 rings (SSSR count). The van der Waals surface area contributed by atoms with Crippen LogP contribution in [-0.2, 0) is 6.42 Å². The molecule has 0 radical (unpaired) electrons. The molecule has 18 heavy (non-hydrogen) atoms. The Morgan fingerprint density at radius 1 is 1.33 bits per heavy atom. The average molecular weight is 261 g/mol. The van der Waals surface area contributed by atoms with Crippen molar-refractivity contribution < 1.29 is 4.74 Å². The first kappa shape index (κ1) is 13.1. The molecular formula is C15H19NOS. The fourth-order valence-corrected chi connectivity index (χ4v) is 2.76. The molecule has 2 nitrogen and oxygen atoms in total. The molecule has 1 aromatic carbocycles. The Balaban J connectivity index is 2.06. The number of hydrogen-bond acceptors (Lipinski definition) is 3. The SMILES string of the molecule is COc1cc(C)ccc1C(N)CCc1cccs1. The van der Waals surface area contributed by atoms with Crippen molar-refractivity contribution in [3.8, 4) is 5.75 Å². The van der Waals surface area contributed by atoms with Crippen LogP contribution in [0.3, 0.4) is 0 Å². The molecule has 0 aliphatic rings. The van der Waals surface area contributed by atoms with Crippen molar-refractivity contribution in [1.82, 2.24) is 0 Å². The molecule has 1 heterocycles. The Labute approximate surface area is 112 Å². The summed E-state index contributed by atoms with van der Waals surface area (Å²) in [6, 6.07) is 10.5. The molecule has 0 aliphatic carbocycles. The maximum absolute atomic E-state index is 6.26.